The molecule has 7 heteroatoms. The van der Waals surface area contributed by atoms with Crippen molar-refractivity contribution in [3.8, 4) is 0 Å². The summed E-state index contributed by atoms with van der Waals surface area (Å²) in [6, 6.07) is 9.88. The van der Waals surface area contributed by atoms with Crippen LogP contribution in [-0.2, 0) is 4.79 Å². The van der Waals surface area contributed by atoms with Crippen molar-refractivity contribution in [2.75, 3.05) is 23.8 Å². The van der Waals surface area contributed by atoms with Gasteiger partial charge in [-0.2, -0.15) is 0 Å². The summed E-state index contributed by atoms with van der Waals surface area (Å²) in [5, 5.41) is 13.8. The van der Waals surface area contributed by atoms with Gasteiger partial charge >= 0.3 is 0 Å². The second-order valence-electron chi connectivity index (χ2n) is 5.54. The second kappa shape index (κ2) is 7.31. The summed E-state index contributed by atoms with van der Waals surface area (Å²) in [4.78, 5) is 24.1. The van der Waals surface area contributed by atoms with Crippen LogP contribution in [0.2, 0.25) is 5.02 Å². The van der Waals surface area contributed by atoms with E-state index in [1.807, 2.05) is 32.0 Å². The van der Waals surface area contributed by atoms with E-state index in [0.717, 1.165) is 16.8 Å². The lowest BCUT2D eigenvalue weighted by molar-refractivity contribution is -0.384. The number of halogens is 1. The van der Waals surface area contributed by atoms with E-state index < -0.39 is 4.92 Å². The van der Waals surface area contributed by atoms with Gasteiger partial charge in [0.15, 0.2) is 0 Å². The SMILES string of the molecule is Cc1cccc(NC(=O)CN(C)c2ccc([N+](=O)[O-])cc2Cl)c1C. The summed E-state index contributed by atoms with van der Waals surface area (Å²) in [6.07, 6.45) is 0. The van der Waals surface area contributed by atoms with Crippen molar-refractivity contribution in [2.45, 2.75) is 13.8 Å². The summed E-state index contributed by atoms with van der Waals surface area (Å²) >= 11 is 6.08. The molecule has 0 saturated carbocycles. The summed E-state index contributed by atoms with van der Waals surface area (Å²) in [5.74, 6) is -0.194. The molecule has 1 N–H and O–H groups in total. The number of likely N-dealkylation sites (N-methyl/N-ethyl adjacent to an activating group) is 1. The molecular formula is C17H18ClN3O3. The summed E-state index contributed by atoms with van der Waals surface area (Å²) in [5.41, 5.74) is 3.35. The summed E-state index contributed by atoms with van der Waals surface area (Å²) in [7, 11) is 1.70. The van der Waals surface area contributed by atoms with Gasteiger partial charge in [-0.3, -0.25) is 14.9 Å². The van der Waals surface area contributed by atoms with Crippen LogP contribution in [0, 0.1) is 24.0 Å². The Labute approximate surface area is 145 Å². The summed E-state index contributed by atoms with van der Waals surface area (Å²) in [6.45, 7) is 4.00. The van der Waals surface area contributed by atoms with Gasteiger partial charge in [-0.15, -0.1) is 0 Å². The van der Waals surface area contributed by atoms with E-state index in [1.165, 1.54) is 18.2 Å². The van der Waals surface area contributed by atoms with E-state index in [9.17, 15) is 14.9 Å². The Morgan fingerprint density at radius 2 is 2.00 bits per heavy atom. The summed E-state index contributed by atoms with van der Waals surface area (Å²) < 4.78 is 0. The van der Waals surface area contributed by atoms with Gasteiger partial charge in [0.1, 0.15) is 0 Å². The Kier molecular flexibility index (Phi) is 5.41. The minimum absolute atomic E-state index is 0.0743. The van der Waals surface area contributed by atoms with Gasteiger partial charge in [-0.05, 0) is 37.1 Å². The predicted octanol–water partition coefficient (Wildman–Crippen LogP) is 3.94. The van der Waals surface area contributed by atoms with Crippen LogP contribution in [0.15, 0.2) is 36.4 Å². The molecule has 24 heavy (non-hydrogen) atoms. The maximum atomic E-state index is 12.2. The van der Waals surface area contributed by atoms with E-state index in [-0.39, 0.29) is 23.2 Å². The van der Waals surface area contributed by atoms with Crippen LogP contribution in [0.3, 0.4) is 0 Å². The van der Waals surface area contributed by atoms with Gasteiger partial charge in [-0.1, -0.05) is 23.7 Å². The number of benzene rings is 2. The van der Waals surface area contributed by atoms with Crippen molar-refractivity contribution in [3.63, 3.8) is 0 Å². The van der Waals surface area contributed by atoms with Crippen molar-refractivity contribution in [1.82, 2.24) is 0 Å². The molecule has 0 atom stereocenters. The number of carbonyl (C=O) groups excluding carboxylic acids is 1. The lowest BCUT2D eigenvalue weighted by Gasteiger charge is -2.20. The van der Waals surface area contributed by atoms with E-state index in [4.69, 9.17) is 11.6 Å². The van der Waals surface area contributed by atoms with Crippen LogP contribution < -0.4 is 10.2 Å². The topological polar surface area (TPSA) is 75.5 Å². The standard InChI is InChI=1S/C17H18ClN3O3/c1-11-5-4-6-15(12(11)2)19-17(22)10-20(3)16-8-7-13(21(23)24)9-14(16)18/h4-9H,10H2,1-3H3,(H,19,22). The van der Waals surface area contributed by atoms with E-state index in [2.05, 4.69) is 5.32 Å². The van der Waals surface area contributed by atoms with Crippen LogP contribution in [-0.4, -0.2) is 24.4 Å². The fourth-order valence-electron chi connectivity index (χ4n) is 2.30. The predicted molar refractivity (Wildman–Crippen MR) is 95.9 cm³/mol. The van der Waals surface area contributed by atoms with Crippen molar-refractivity contribution < 1.29 is 9.72 Å². The molecule has 0 aliphatic heterocycles. The number of rotatable bonds is 5. The van der Waals surface area contributed by atoms with E-state index in [1.54, 1.807) is 11.9 Å². The fraction of sp³-hybridized carbons (Fsp3) is 0.235. The molecule has 0 unspecified atom stereocenters. The Morgan fingerprint density at radius 1 is 1.29 bits per heavy atom. The fourth-order valence-corrected chi connectivity index (χ4v) is 2.61. The van der Waals surface area contributed by atoms with Gasteiger partial charge in [0.2, 0.25) is 5.91 Å². The molecule has 0 bridgehead atoms. The first-order valence-corrected chi connectivity index (χ1v) is 7.68. The number of anilines is 2. The molecule has 2 aromatic carbocycles. The van der Waals surface area contributed by atoms with Crippen LogP contribution in [0.5, 0.6) is 0 Å². The highest BCUT2D eigenvalue weighted by atomic mass is 35.5. The van der Waals surface area contributed by atoms with Gasteiger partial charge in [0.05, 0.1) is 22.2 Å². The zero-order chi connectivity index (χ0) is 17.9. The molecule has 0 spiro atoms. The molecule has 0 saturated heterocycles. The quantitative estimate of drug-likeness (QED) is 0.656. The Morgan fingerprint density at radius 3 is 2.62 bits per heavy atom. The number of hydrogen-bond acceptors (Lipinski definition) is 4. The van der Waals surface area contributed by atoms with Crippen LogP contribution >= 0.6 is 11.6 Å². The van der Waals surface area contributed by atoms with Crippen LogP contribution in [0.1, 0.15) is 11.1 Å². The van der Waals surface area contributed by atoms with Crippen molar-refractivity contribution in [3.05, 3.63) is 62.7 Å². The van der Waals surface area contributed by atoms with Gasteiger partial charge in [-0.25, -0.2) is 0 Å². The average Bonchev–Trinajstić information content (AvgIpc) is 2.51. The molecule has 0 aliphatic carbocycles. The number of hydrogen-bond donors (Lipinski definition) is 1. The smallest absolute Gasteiger partial charge is 0.271 e. The Hall–Kier alpha value is -2.60. The van der Waals surface area contributed by atoms with Gasteiger partial charge in [0, 0.05) is 24.9 Å². The van der Waals surface area contributed by atoms with E-state index in [0.29, 0.717) is 5.69 Å². The first kappa shape index (κ1) is 17.7. The third-order valence-corrected chi connectivity index (χ3v) is 4.12. The molecule has 2 aromatic rings. The van der Waals surface area contributed by atoms with Crippen molar-refractivity contribution in [1.29, 1.82) is 0 Å². The highest BCUT2D eigenvalue weighted by Crippen LogP contribution is 2.29. The van der Waals surface area contributed by atoms with Crippen LogP contribution in [0.25, 0.3) is 0 Å². The molecule has 126 valence electrons. The number of nitro groups is 1. The normalized spacial score (nSPS) is 10.3. The third kappa shape index (κ3) is 4.02. The zero-order valence-electron chi connectivity index (χ0n) is 13.7. The molecule has 0 heterocycles. The Bertz CT molecular complexity index is 793. The lowest BCUT2D eigenvalue weighted by Crippen LogP contribution is -2.30. The molecular weight excluding hydrogens is 330 g/mol. The molecule has 6 nitrogen and oxygen atoms in total. The number of amides is 1. The molecule has 0 aliphatic rings. The van der Waals surface area contributed by atoms with Gasteiger partial charge < -0.3 is 10.2 Å². The number of nitro benzene ring substituents is 1. The number of aryl methyl sites for hydroxylation is 1. The number of nitrogens with zero attached hydrogens (tertiary/aromatic N) is 2. The van der Waals surface area contributed by atoms with E-state index >= 15 is 0 Å². The first-order chi connectivity index (χ1) is 11.3. The molecule has 0 aromatic heterocycles. The van der Waals surface area contributed by atoms with Crippen LogP contribution in [0.4, 0.5) is 17.1 Å². The number of nitrogens with one attached hydrogen (secondary N) is 1. The molecule has 0 fully saturated rings. The molecule has 1 amide bonds. The third-order valence-electron chi connectivity index (χ3n) is 3.81. The Balaban J connectivity index is 2.09. The average molecular weight is 348 g/mol. The van der Waals surface area contributed by atoms with Crippen molar-refractivity contribution in [2.24, 2.45) is 0 Å². The minimum atomic E-state index is -0.511. The molecule has 0 radical (unpaired) electrons. The largest absolute Gasteiger partial charge is 0.364 e. The van der Waals surface area contributed by atoms with Crippen molar-refractivity contribution >= 4 is 34.6 Å². The maximum absolute atomic E-state index is 12.2. The lowest BCUT2D eigenvalue weighted by atomic mass is 10.1. The highest BCUT2D eigenvalue weighted by Gasteiger charge is 2.15. The minimum Gasteiger partial charge on any atom is -0.364 e. The number of carbonyl (C=O) groups is 1. The van der Waals surface area contributed by atoms with Gasteiger partial charge in [0.25, 0.3) is 5.69 Å². The highest BCUT2D eigenvalue weighted by molar-refractivity contribution is 6.33. The monoisotopic (exact) mass is 347 g/mol. The molecule has 2 rings (SSSR count). The second-order valence-corrected chi connectivity index (χ2v) is 5.95. The number of non-ortho nitro benzene ring substituents is 1. The maximum Gasteiger partial charge on any atom is 0.271 e. The zero-order valence-corrected chi connectivity index (χ0v) is 14.4. The first-order valence-electron chi connectivity index (χ1n) is 7.30.